The fraction of sp³-hybridized carbons (Fsp3) is 0.161. The van der Waals surface area contributed by atoms with Gasteiger partial charge in [-0.15, -0.1) is 0 Å². The van der Waals surface area contributed by atoms with Crippen LogP contribution in [-0.2, 0) is 21.8 Å². The van der Waals surface area contributed by atoms with Gasteiger partial charge < -0.3 is 0 Å². The molecule has 0 spiro atoms. The molecule has 0 atom stereocenters. The third-order valence-electron chi connectivity index (χ3n) is 6.29. The molecule has 0 aliphatic carbocycles. The summed E-state index contributed by atoms with van der Waals surface area (Å²) in [6.07, 6.45) is 4.94. The number of hydrogen-bond donors (Lipinski definition) is 0. The Hall–Kier alpha value is -1.98. The minimum atomic E-state index is -0.0680. The molecule has 0 aromatic heterocycles. The maximum Gasteiger partial charge on any atom is 0.191 e. The molecule has 0 radical (unpaired) electrons. The smallest absolute Gasteiger partial charge is 0.0795 e. The van der Waals surface area contributed by atoms with E-state index in [-0.39, 0.29) is 21.8 Å². The first-order chi connectivity index (χ1) is 17.3. The van der Waals surface area contributed by atoms with E-state index in [4.69, 9.17) is 0 Å². The van der Waals surface area contributed by atoms with Gasteiger partial charge in [-0.05, 0) is 55.0 Å². The van der Waals surface area contributed by atoms with E-state index in [9.17, 15) is 0 Å². The molecule has 6 rings (SSSR count). The number of unbranched alkanes of at least 4 members (excludes halogenated alkanes) is 2. The van der Waals surface area contributed by atoms with Crippen molar-refractivity contribution in [1.29, 1.82) is 0 Å². The lowest BCUT2D eigenvalue weighted by atomic mass is 10.2. The minimum Gasteiger partial charge on any atom is -0.0795 e. The van der Waals surface area contributed by atoms with Gasteiger partial charge in [0.25, 0.3) is 0 Å². The second-order valence-electron chi connectivity index (χ2n) is 8.68. The molecule has 0 saturated carbocycles. The van der Waals surface area contributed by atoms with Crippen molar-refractivity contribution < 1.29 is 0 Å². The molecule has 4 aromatic carbocycles. The molecule has 0 N–H and O–H groups in total. The van der Waals surface area contributed by atoms with Gasteiger partial charge in [0, 0.05) is 6.42 Å². The summed E-state index contributed by atoms with van der Waals surface area (Å²) >= 11 is 3.86. The Morgan fingerprint density at radius 3 is 1.51 bits per heavy atom. The van der Waals surface area contributed by atoms with E-state index in [1.807, 2.05) is 23.5 Å². The standard InChI is InChI=1S/C31H28S4/c1-2-3-4-13-23(35-30-20-11-7-16-26(30)33-27-17-8-12-21-31(27)35)22-34-28-18-9-5-14-24(28)32-25-15-6-10-19-29(25)34/h5-12,14-22H,2-4,13H2,1H3/q+2/b23-22+. The molecule has 2 aliphatic heterocycles. The molecular formula is C31H28S4+2. The highest BCUT2D eigenvalue weighted by Gasteiger charge is 2.43. The van der Waals surface area contributed by atoms with Crippen LogP contribution < -0.4 is 0 Å². The van der Waals surface area contributed by atoms with Crippen molar-refractivity contribution in [1.82, 2.24) is 0 Å². The summed E-state index contributed by atoms with van der Waals surface area (Å²) in [4.78, 5) is 13.2. The molecule has 0 saturated heterocycles. The lowest BCUT2D eigenvalue weighted by molar-refractivity contribution is 0.725. The molecule has 4 aromatic rings. The van der Waals surface area contributed by atoms with Crippen molar-refractivity contribution in [2.45, 2.75) is 71.8 Å². The number of hydrogen-bond acceptors (Lipinski definition) is 2. The van der Waals surface area contributed by atoms with Gasteiger partial charge in [0.1, 0.15) is 10.9 Å². The van der Waals surface area contributed by atoms with Crippen molar-refractivity contribution in [3.8, 4) is 0 Å². The van der Waals surface area contributed by atoms with Crippen LogP contribution in [-0.4, -0.2) is 0 Å². The quantitative estimate of drug-likeness (QED) is 0.180. The molecule has 0 bridgehead atoms. The van der Waals surface area contributed by atoms with Gasteiger partial charge in [-0.25, -0.2) is 0 Å². The van der Waals surface area contributed by atoms with Crippen LogP contribution in [0.4, 0.5) is 0 Å². The third kappa shape index (κ3) is 4.62. The van der Waals surface area contributed by atoms with Gasteiger partial charge in [-0.1, -0.05) is 91.8 Å². The van der Waals surface area contributed by atoms with Gasteiger partial charge in [0.2, 0.25) is 0 Å². The van der Waals surface area contributed by atoms with E-state index >= 15 is 0 Å². The average Bonchev–Trinajstić information content (AvgIpc) is 2.91. The molecule has 0 unspecified atom stereocenters. The monoisotopic (exact) mass is 528 g/mol. The van der Waals surface area contributed by atoms with E-state index in [1.54, 1.807) is 4.91 Å². The Balaban J connectivity index is 1.54. The molecule has 2 heterocycles. The second kappa shape index (κ2) is 10.6. The van der Waals surface area contributed by atoms with E-state index < -0.39 is 0 Å². The zero-order valence-electron chi connectivity index (χ0n) is 19.8. The maximum atomic E-state index is 2.68. The first-order valence-corrected chi connectivity index (χ1v) is 16.4. The van der Waals surface area contributed by atoms with Crippen LogP contribution >= 0.6 is 23.5 Å². The first kappa shape index (κ1) is 23.4. The zero-order valence-corrected chi connectivity index (χ0v) is 23.0. The highest BCUT2D eigenvalue weighted by atomic mass is 32.2. The van der Waals surface area contributed by atoms with E-state index in [0.29, 0.717) is 0 Å². The Morgan fingerprint density at radius 2 is 1.03 bits per heavy atom. The van der Waals surface area contributed by atoms with Crippen LogP contribution in [0.15, 0.2) is 147 Å². The lowest BCUT2D eigenvalue weighted by Crippen LogP contribution is -2.16. The summed E-state index contributed by atoms with van der Waals surface area (Å²) < 4.78 is 0. The minimum absolute atomic E-state index is 0.0506. The zero-order chi connectivity index (χ0) is 23.6. The van der Waals surface area contributed by atoms with Crippen LogP contribution in [0.5, 0.6) is 0 Å². The summed E-state index contributed by atoms with van der Waals surface area (Å²) in [5, 5.41) is 2.68. The first-order valence-electron chi connectivity index (χ1n) is 12.2. The van der Waals surface area contributed by atoms with Crippen LogP contribution in [0, 0.1) is 0 Å². The van der Waals surface area contributed by atoms with Crippen molar-refractivity contribution in [2.75, 3.05) is 0 Å². The highest BCUT2D eigenvalue weighted by Crippen LogP contribution is 2.51. The van der Waals surface area contributed by atoms with E-state index in [1.165, 1.54) is 58.4 Å². The summed E-state index contributed by atoms with van der Waals surface area (Å²) in [6, 6.07) is 36.3. The van der Waals surface area contributed by atoms with Crippen molar-refractivity contribution in [3.63, 3.8) is 0 Å². The van der Waals surface area contributed by atoms with Gasteiger partial charge >= 0.3 is 0 Å². The lowest BCUT2D eigenvalue weighted by Gasteiger charge is -2.21. The summed E-state index contributed by atoms with van der Waals surface area (Å²) in [7, 11) is -0.119. The number of benzene rings is 4. The van der Waals surface area contributed by atoms with Crippen LogP contribution in [0.3, 0.4) is 0 Å². The highest BCUT2D eigenvalue weighted by molar-refractivity contribution is 8.07. The van der Waals surface area contributed by atoms with E-state index in [0.717, 1.165) is 6.42 Å². The molecule has 0 fully saturated rings. The van der Waals surface area contributed by atoms with Gasteiger partial charge in [0.05, 0.1) is 30.5 Å². The molecule has 0 nitrogen and oxygen atoms in total. The molecule has 0 amide bonds. The summed E-state index contributed by atoms with van der Waals surface area (Å²) in [6.45, 7) is 2.31. The fourth-order valence-corrected chi connectivity index (χ4v) is 12.6. The predicted molar refractivity (Wildman–Crippen MR) is 154 cm³/mol. The molecule has 2 aliphatic rings. The number of allylic oxidation sites excluding steroid dienone is 1. The predicted octanol–water partition coefficient (Wildman–Crippen LogP) is 9.81. The normalized spacial score (nSPS) is 15.2. The molecule has 4 heteroatoms. The third-order valence-corrected chi connectivity index (χ3v) is 13.9. The Bertz CT molecular complexity index is 1300. The van der Waals surface area contributed by atoms with Crippen molar-refractivity contribution in [3.05, 3.63) is 107 Å². The number of fused-ring (bicyclic) bond motifs is 4. The van der Waals surface area contributed by atoms with Crippen LogP contribution in [0.2, 0.25) is 0 Å². The molecule has 35 heavy (non-hydrogen) atoms. The molecule has 174 valence electrons. The molecular weight excluding hydrogens is 501 g/mol. The van der Waals surface area contributed by atoms with Gasteiger partial charge in [-0.2, -0.15) is 0 Å². The Kier molecular flexibility index (Phi) is 7.07. The second-order valence-corrected chi connectivity index (χ2v) is 14.7. The van der Waals surface area contributed by atoms with Crippen molar-refractivity contribution >= 4 is 45.3 Å². The summed E-state index contributed by atoms with van der Waals surface area (Å²) in [5.74, 6) is 0. The van der Waals surface area contributed by atoms with Gasteiger partial charge in [-0.3, -0.25) is 0 Å². The SMILES string of the molecule is CCCCC/C(=C\[S+]1c2ccccc2Sc2ccccc21)[S+]1c2ccccc2Sc2ccccc21. The number of rotatable bonds is 6. The maximum absolute atomic E-state index is 2.68. The van der Waals surface area contributed by atoms with Crippen LogP contribution in [0.25, 0.3) is 0 Å². The summed E-state index contributed by atoms with van der Waals surface area (Å²) in [5.41, 5.74) is 0. The average molecular weight is 529 g/mol. The van der Waals surface area contributed by atoms with Crippen molar-refractivity contribution in [2.24, 2.45) is 0 Å². The Labute approximate surface area is 223 Å². The van der Waals surface area contributed by atoms with E-state index in [2.05, 4.69) is 109 Å². The van der Waals surface area contributed by atoms with Crippen LogP contribution in [0.1, 0.15) is 32.6 Å². The van der Waals surface area contributed by atoms with Gasteiger partial charge in [0.15, 0.2) is 29.9 Å². The fourth-order valence-electron chi connectivity index (χ4n) is 4.61. The largest absolute Gasteiger partial charge is 0.191 e. The Morgan fingerprint density at radius 1 is 0.600 bits per heavy atom. The topological polar surface area (TPSA) is 0 Å².